The van der Waals surface area contributed by atoms with Gasteiger partial charge in [0.25, 0.3) is 0 Å². The average molecular weight is 484 g/mol. The zero-order chi connectivity index (χ0) is 23.8. The molecule has 2 fully saturated rings. The van der Waals surface area contributed by atoms with Gasteiger partial charge in [0, 0.05) is 44.4 Å². The van der Waals surface area contributed by atoms with Crippen molar-refractivity contribution in [2.24, 2.45) is 0 Å². The van der Waals surface area contributed by atoms with Gasteiger partial charge < -0.3 is 10.2 Å². The third-order valence-corrected chi connectivity index (χ3v) is 6.82. The molecule has 4 rings (SSSR count). The van der Waals surface area contributed by atoms with E-state index in [2.05, 4.69) is 15.3 Å². The lowest BCUT2D eigenvalue weighted by Crippen LogP contribution is -2.53. The summed E-state index contributed by atoms with van der Waals surface area (Å²) in [4.78, 5) is 28.0. The topological polar surface area (TPSA) is 70.5 Å². The minimum Gasteiger partial charge on any atom is -0.323 e. The molecule has 11 heteroatoms. The summed E-state index contributed by atoms with van der Waals surface area (Å²) in [6.07, 6.45) is 0.578. The number of hydrogen-bond acceptors (Lipinski definition) is 4. The Morgan fingerprint density at radius 2 is 1.88 bits per heavy atom. The Kier molecular flexibility index (Phi) is 6.41. The van der Waals surface area contributed by atoms with Crippen molar-refractivity contribution in [3.63, 3.8) is 0 Å². The summed E-state index contributed by atoms with van der Waals surface area (Å²) in [7, 11) is 0. The van der Waals surface area contributed by atoms with Gasteiger partial charge in [0.1, 0.15) is 0 Å². The van der Waals surface area contributed by atoms with E-state index in [1.54, 1.807) is 11.0 Å². The monoisotopic (exact) mass is 483 g/mol. The normalized spacial score (nSPS) is 18.6. The molecular formula is C22H25ClF3N5O2. The maximum Gasteiger partial charge on any atom is 0.417 e. The Balaban J connectivity index is 1.40. The van der Waals surface area contributed by atoms with Gasteiger partial charge in [-0.2, -0.15) is 17.9 Å². The fraction of sp³-hybridized carbons (Fsp3) is 0.500. The SMILES string of the molecule is CC(=O)Nc1ccn(C(=O)N2CCC3(CCCN3Cc3ccc(C(F)(F)F)c(Cl)c3)CC2)n1. The minimum atomic E-state index is -4.47. The Labute approximate surface area is 194 Å². The number of aromatic nitrogens is 2. The predicted octanol–water partition coefficient (Wildman–Crippen LogP) is 4.61. The average Bonchev–Trinajstić information content (AvgIpc) is 3.34. The third-order valence-electron chi connectivity index (χ3n) is 6.51. The van der Waals surface area contributed by atoms with E-state index in [1.807, 2.05) is 0 Å². The molecule has 2 saturated heterocycles. The Morgan fingerprint density at radius 1 is 1.15 bits per heavy atom. The van der Waals surface area contributed by atoms with Gasteiger partial charge in [-0.15, -0.1) is 5.10 Å². The third kappa shape index (κ3) is 5.01. The van der Waals surface area contributed by atoms with Crippen LogP contribution in [0.15, 0.2) is 30.5 Å². The van der Waals surface area contributed by atoms with Crippen LogP contribution in [0.5, 0.6) is 0 Å². The van der Waals surface area contributed by atoms with E-state index in [1.165, 1.54) is 29.9 Å². The number of amides is 2. The largest absolute Gasteiger partial charge is 0.417 e. The van der Waals surface area contributed by atoms with Crippen molar-refractivity contribution in [1.82, 2.24) is 19.6 Å². The lowest BCUT2D eigenvalue weighted by Gasteiger charge is -2.45. The number of carbonyl (C=O) groups is 2. The summed E-state index contributed by atoms with van der Waals surface area (Å²) in [6, 6.07) is 5.25. The van der Waals surface area contributed by atoms with Crippen molar-refractivity contribution in [1.29, 1.82) is 0 Å². The number of carbonyl (C=O) groups excluding carboxylic acids is 2. The fourth-order valence-corrected chi connectivity index (χ4v) is 5.16. The van der Waals surface area contributed by atoms with Crippen LogP contribution in [0.4, 0.5) is 23.8 Å². The minimum absolute atomic E-state index is 0.0859. The number of hydrogen-bond donors (Lipinski definition) is 1. The Hall–Kier alpha value is -2.59. The van der Waals surface area contributed by atoms with E-state index in [0.717, 1.165) is 43.9 Å². The number of nitrogens with one attached hydrogen (secondary N) is 1. The number of rotatable bonds is 3. The first-order valence-corrected chi connectivity index (χ1v) is 11.2. The highest BCUT2D eigenvalue weighted by Gasteiger charge is 2.44. The van der Waals surface area contributed by atoms with Crippen molar-refractivity contribution in [2.45, 2.75) is 50.9 Å². The second-order valence-electron chi connectivity index (χ2n) is 8.66. The highest BCUT2D eigenvalue weighted by atomic mass is 35.5. The molecule has 0 aliphatic carbocycles. The smallest absolute Gasteiger partial charge is 0.323 e. The molecule has 2 aromatic rings. The molecule has 0 saturated carbocycles. The molecule has 178 valence electrons. The van der Waals surface area contributed by atoms with Gasteiger partial charge in [-0.3, -0.25) is 9.69 Å². The molecule has 33 heavy (non-hydrogen) atoms. The summed E-state index contributed by atoms with van der Waals surface area (Å²) >= 11 is 5.90. The van der Waals surface area contributed by atoms with Crippen molar-refractivity contribution in [3.8, 4) is 0 Å². The second kappa shape index (κ2) is 8.98. The highest BCUT2D eigenvalue weighted by molar-refractivity contribution is 6.31. The van der Waals surface area contributed by atoms with Crippen molar-refractivity contribution in [3.05, 3.63) is 46.6 Å². The molecule has 0 atom stereocenters. The van der Waals surface area contributed by atoms with Crippen LogP contribution in [0.1, 0.15) is 43.7 Å². The molecule has 0 unspecified atom stereocenters. The number of alkyl halides is 3. The van der Waals surface area contributed by atoms with Gasteiger partial charge in [0.15, 0.2) is 5.82 Å². The first kappa shape index (κ1) is 23.6. The van der Waals surface area contributed by atoms with Crippen LogP contribution in [0, 0.1) is 0 Å². The van der Waals surface area contributed by atoms with Crippen LogP contribution >= 0.6 is 11.6 Å². The molecule has 2 amide bonds. The van der Waals surface area contributed by atoms with Gasteiger partial charge in [0.05, 0.1) is 10.6 Å². The van der Waals surface area contributed by atoms with Gasteiger partial charge in [-0.05, 0) is 49.9 Å². The zero-order valence-corrected chi connectivity index (χ0v) is 18.9. The number of anilines is 1. The molecule has 0 radical (unpaired) electrons. The lowest BCUT2D eigenvalue weighted by molar-refractivity contribution is -0.137. The first-order valence-electron chi connectivity index (χ1n) is 10.8. The second-order valence-corrected chi connectivity index (χ2v) is 9.06. The van der Waals surface area contributed by atoms with E-state index in [0.29, 0.717) is 25.5 Å². The van der Waals surface area contributed by atoms with Gasteiger partial charge in [-0.1, -0.05) is 17.7 Å². The molecule has 2 aliphatic heterocycles. The lowest BCUT2D eigenvalue weighted by atomic mass is 9.84. The number of piperidine rings is 1. The molecule has 0 bridgehead atoms. The number of benzene rings is 1. The van der Waals surface area contributed by atoms with E-state index < -0.39 is 11.7 Å². The molecule has 1 aromatic carbocycles. The zero-order valence-electron chi connectivity index (χ0n) is 18.2. The van der Waals surface area contributed by atoms with Gasteiger partial charge >= 0.3 is 12.2 Å². The van der Waals surface area contributed by atoms with Crippen molar-refractivity contribution < 1.29 is 22.8 Å². The van der Waals surface area contributed by atoms with E-state index in [9.17, 15) is 22.8 Å². The summed E-state index contributed by atoms with van der Waals surface area (Å²) in [5.41, 5.74) is -0.164. The van der Waals surface area contributed by atoms with Gasteiger partial charge in [0.2, 0.25) is 5.91 Å². The van der Waals surface area contributed by atoms with Gasteiger partial charge in [-0.25, -0.2) is 4.79 Å². The maximum absolute atomic E-state index is 13.0. The maximum atomic E-state index is 13.0. The fourth-order valence-electron chi connectivity index (χ4n) is 4.85. The predicted molar refractivity (Wildman–Crippen MR) is 117 cm³/mol. The number of nitrogens with zero attached hydrogens (tertiary/aromatic N) is 4. The molecule has 3 heterocycles. The standard InChI is InChI=1S/C22H25ClF3N5O2/c1-15(32)27-19-5-10-31(28-19)20(33)29-11-7-21(8-12-29)6-2-9-30(21)14-16-3-4-17(18(23)13-16)22(24,25)26/h3-5,10,13H,2,6-9,11-12,14H2,1H3,(H,27,28,32). The molecule has 1 N–H and O–H groups in total. The van der Waals surface area contributed by atoms with Crippen LogP contribution in [-0.2, 0) is 17.5 Å². The van der Waals surface area contributed by atoms with E-state index >= 15 is 0 Å². The molecule has 1 aromatic heterocycles. The van der Waals surface area contributed by atoms with Crippen LogP contribution in [0.2, 0.25) is 5.02 Å². The quantitative estimate of drug-likeness (QED) is 0.692. The highest BCUT2D eigenvalue weighted by Crippen LogP contribution is 2.40. The van der Waals surface area contributed by atoms with E-state index in [4.69, 9.17) is 11.6 Å². The number of likely N-dealkylation sites (tertiary alicyclic amines) is 2. The van der Waals surface area contributed by atoms with Crippen molar-refractivity contribution in [2.75, 3.05) is 25.0 Å². The van der Waals surface area contributed by atoms with Crippen LogP contribution in [0.25, 0.3) is 0 Å². The Bertz CT molecular complexity index is 1050. The molecule has 2 aliphatic rings. The molecular weight excluding hydrogens is 459 g/mol. The molecule has 7 nitrogen and oxygen atoms in total. The summed E-state index contributed by atoms with van der Waals surface area (Å²) in [5.74, 6) is 0.0600. The number of halogens is 4. The van der Waals surface area contributed by atoms with Crippen LogP contribution in [-0.4, -0.2) is 56.7 Å². The summed E-state index contributed by atoms with van der Waals surface area (Å²) < 4.78 is 40.2. The van der Waals surface area contributed by atoms with Crippen LogP contribution < -0.4 is 5.32 Å². The van der Waals surface area contributed by atoms with E-state index in [-0.39, 0.29) is 22.5 Å². The first-order chi connectivity index (χ1) is 15.6. The Morgan fingerprint density at radius 3 is 2.52 bits per heavy atom. The van der Waals surface area contributed by atoms with Crippen molar-refractivity contribution >= 4 is 29.4 Å². The van der Waals surface area contributed by atoms with Crippen LogP contribution in [0.3, 0.4) is 0 Å². The molecule has 1 spiro atoms. The summed E-state index contributed by atoms with van der Waals surface area (Å²) in [6.45, 7) is 3.85. The summed E-state index contributed by atoms with van der Waals surface area (Å²) in [5, 5.41) is 6.37.